The van der Waals surface area contributed by atoms with Crippen molar-refractivity contribution in [1.29, 1.82) is 0 Å². The lowest BCUT2D eigenvalue weighted by Crippen LogP contribution is -2.42. The Hall–Kier alpha value is -1.31. The van der Waals surface area contributed by atoms with E-state index in [1.165, 1.54) is 5.56 Å². The van der Waals surface area contributed by atoms with E-state index in [0.29, 0.717) is 6.42 Å². The van der Waals surface area contributed by atoms with Gasteiger partial charge in [-0.25, -0.2) is 0 Å². The summed E-state index contributed by atoms with van der Waals surface area (Å²) in [7, 11) is 0. The van der Waals surface area contributed by atoms with Gasteiger partial charge in [-0.15, -0.1) is 0 Å². The van der Waals surface area contributed by atoms with Gasteiger partial charge in [0.1, 0.15) is 5.75 Å². The van der Waals surface area contributed by atoms with Gasteiger partial charge in [0.15, 0.2) is 11.4 Å². The lowest BCUT2D eigenvalue weighted by atomic mass is 9.92. The lowest BCUT2D eigenvalue weighted by molar-refractivity contribution is -0.132. The van der Waals surface area contributed by atoms with E-state index in [4.69, 9.17) is 4.74 Å². The molecule has 0 amide bonds. The zero-order valence-electron chi connectivity index (χ0n) is 8.76. The Morgan fingerprint density at radius 1 is 1.36 bits per heavy atom. The van der Waals surface area contributed by atoms with Gasteiger partial charge in [-0.2, -0.15) is 0 Å². The summed E-state index contributed by atoms with van der Waals surface area (Å²) in [6.45, 7) is 5.65. The fraction of sp³-hybridized carbons (Fsp3) is 0.417. The summed E-state index contributed by atoms with van der Waals surface area (Å²) >= 11 is 0. The van der Waals surface area contributed by atoms with E-state index in [1.807, 2.05) is 39.0 Å². The minimum Gasteiger partial charge on any atom is -0.480 e. The molecule has 0 unspecified atom stereocenters. The van der Waals surface area contributed by atoms with Crippen LogP contribution in [0, 0.1) is 6.92 Å². The summed E-state index contributed by atoms with van der Waals surface area (Å²) in [4.78, 5) is 11.7. The summed E-state index contributed by atoms with van der Waals surface area (Å²) in [5, 5.41) is 0. The van der Waals surface area contributed by atoms with Crippen LogP contribution in [0.2, 0.25) is 0 Å². The molecular formula is C12H14O2. The second-order valence-corrected chi connectivity index (χ2v) is 4.32. The SMILES string of the molecule is Cc1ccc2c(c1)CC(=O)C(C)(C)O2. The van der Waals surface area contributed by atoms with E-state index in [9.17, 15) is 4.79 Å². The zero-order valence-corrected chi connectivity index (χ0v) is 8.76. The van der Waals surface area contributed by atoms with Crippen molar-refractivity contribution in [3.63, 3.8) is 0 Å². The van der Waals surface area contributed by atoms with Gasteiger partial charge < -0.3 is 4.74 Å². The number of ether oxygens (including phenoxy) is 1. The third kappa shape index (κ3) is 1.41. The third-order valence-corrected chi connectivity index (χ3v) is 2.60. The molecule has 0 N–H and O–H groups in total. The molecular weight excluding hydrogens is 176 g/mol. The maximum absolute atomic E-state index is 11.7. The molecule has 0 bridgehead atoms. The fourth-order valence-electron chi connectivity index (χ4n) is 1.66. The number of Topliss-reactive ketones (excluding diaryl/α,β-unsaturated/α-hetero) is 1. The highest BCUT2D eigenvalue weighted by Gasteiger charge is 2.34. The summed E-state index contributed by atoms with van der Waals surface area (Å²) in [5.41, 5.74) is 1.51. The Balaban J connectivity index is 2.46. The number of hydrogen-bond donors (Lipinski definition) is 0. The highest BCUT2D eigenvalue weighted by molar-refractivity contribution is 5.90. The summed E-state index contributed by atoms with van der Waals surface area (Å²) in [6.07, 6.45) is 0.490. The molecule has 0 spiro atoms. The van der Waals surface area contributed by atoms with E-state index in [2.05, 4.69) is 0 Å². The molecule has 0 aliphatic carbocycles. The first-order valence-corrected chi connectivity index (χ1v) is 4.81. The molecule has 2 rings (SSSR count). The number of ketones is 1. The third-order valence-electron chi connectivity index (χ3n) is 2.60. The monoisotopic (exact) mass is 190 g/mol. The molecule has 0 saturated heterocycles. The van der Waals surface area contributed by atoms with Crippen molar-refractivity contribution in [3.05, 3.63) is 29.3 Å². The van der Waals surface area contributed by atoms with Gasteiger partial charge in [-0.3, -0.25) is 4.79 Å². The normalized spacial score (nSPS) is 18.6. The first-order valence-electron chi connectivity index (χ1n) is 4.81. The molecule has 0 fully saturated rings. The van der Waals surface area contributed by atoms with E-state index >= 15 is 0 Å². The van der Waals surface area contributed by atoms with Crippen molar-refractivity contribution in [1.82, 2.24) is 0 Å². The number of hydrogen-bond acceptors (Lipinski definition) is 2. The van der Waals surface area contributed by atoms with Crippen LogP contribution in [0.4, 0.5) is 0 Å². The van der Waals surface area contributed by atoms with Gasteiger partial charge in [0.05, 0.1) is 0 Å². The Morgan fingerprint density at radius 2 is 2.07 bits per heavy atom. The van der Waals surface area contributed by atoms with Crippen LogP contribution in [0.3, 0.4) is 0 Å². The van der Waals surface area contributed by atoms with Crippen molar-refractivity contribution >= 4 is 5.78 Å². The molecule has 2 heteroatoms. The lowest BCUT2D eigenvalue weighted by Gasteiger charge is -2.31. The number of aryl methyl sites for hydroxylation is 1. The van der Waals surface area contributed by atoms with Crippen LogP contribution in [0.25, 0.3) is 0 Å². The van der Waals surface area contributed by atoms with Gasteiger partial charge in [-0.05, 0) is 26.8 Å². The summed E-state index contributed by atoms with van der Waals surface area (Å²) in [5.74, 6) is 0.996. The Labute approximate surface area is 83.9 Å². The van der Waals surface area contributed by atoms with Crippen LogP contribution in [-0.2, 0) is 11.2 Å². The van der Waals surface area contributed by atoms with Gasteiger partial charge >= 0.3 is 0 Å². The molecule has 14 heavy (non-hydrogen) atoms. The van der Waals surface area contributed by atoms with Gasteiger partial charge in [0.25, 0.3) is 0 Å². The maximum atomic E-state index is 11.7. The van der Waals surface area contributed by atoms with Crippen molar-refractivity contribution in [2.24, 2.45) is 0 Å². The van der Waals surface area contributed by atoms with E-state index in [1.54, 1.807) is 0 Å². The number of rotatable bonds is 0. The smallest absolute Gasteiger partial charge is 0.180 e. The Bertz CT molecular complexity index is 391. The van der Waals surface area contributed by atoms with Crippen LogP contribution in [0.5, 0.6) is 5.75 Å². The van der Waals surface area contributed by atoms with Gasteiger partial charge in [0.2, 0.25) is 0 Å². The molecule has 0 radical (unpaired) electrons. The van der Waals surface area contributed by atoms with Crippen LogP contribution in [0.15, 0.2) is 18.2 Å². The standard InChI is InChI=1S/C12H14O2/c1-8-4-5-10-9(6-8)7-11(13)12(2,3)14-10/h4-6H,7H2,1-3H3. The van der Waals surface area contributed by atoms with E-state index in [-0.39, 0.29) is 5.78 Å². The molecule has 74 valence electrons. The molecule has 0 saturated carbocycles. The van der Waals surface area contributed by atoms with Gasteiger partial charge in [0, 0.05) is 12.0 Å². The molecule has 0 aromatic heterocycles. The number of benzene rings is 1. The van der Waals surface area contributed by atoms with Crippen LogP contribution in [0.1, 0.15) is 25.0 Å². The largest absolute Gasteiger partial charge is 0.480 e. The van der Waals surface area contributed by atoms with Crippen LogP contribution in [-0.4, -0.2) is 11.4 Å². The molecule has 1 aliphatic rings. The molecule has 1 aromatic rings. The van der Waals surface area contributed by atoms with Crippen molar-refractivity contribution in [2.75, 3.05) is 0 Å². The zero-order chi connectivity index (χ0) is 10.3. The van der Waals surface area contributed by atoms with Crippen molar-refractivity contribution in [2.45, 2.75) is 32.8 Å². The minimum absolute atomic E-state index is 0.149. The Kier molecular flexibility index (Phi) is 1.88. The predicted molar refractivity (Wildman–Crippen MR) is 54.6 cm³/mol. The maximum Gasteiger partial charge on any atom is 0.180 e. The number of fused-ring (bicyclic) bond motifs is 1. The number of carbonyl (C=O) groups excluding carboxylic acids is 1. The number of carbonyl (C=O) groups is 1. The highest BCUT2D eigenvalue weighted by atomic mass is 16.5. The van der Waals surface area contributed by atoms with E-state index in [0.717, 1.165) is 11.3 Å². The minimum atomic E-state index is -0.664. The van der Waals surface area contributed by atoms with Crippen molar-refractivity contribution in [3.8, 4) is 5.75 Å². The van der Waals surface area contributed by atoms with Crippen LogP contribution >= 0.6 is 0 Å². The predicted octanol–water partition coefficient (Wildman–Crippen LogP) is 2.28. The Morgan fingerprint density at radius 3 is 2.79 bits per heavy atom. The van der Waals surface area contributed by atoms with Crippen LogP contribution < -0.4 is 4.74 Å². The highest BCUT2D eigenvalue weighted by Crippen LogP contribution is 2.31. The van der Waals surface area contributed by atoms with E-state index < -0.39 is 5.60 Å². The quantitative estimate of drug-likeness (QED) is 0.627. The van der Waals surface area contributed by atoms with Crippen molar-refractivity contribution < 1.29 is 9.53 Å². The molecule has 2 nitrogen and oxygen atoms in total. The second kappa shape index (κ2) is 2.84. The average molecular weight is 190 g/mol. The average Bonchev–Trinajstić information content (AvgIpc) is 2.08. The molecule has 1 heterocycles. The van der Waals surface area contributed by atoms with Gasteiger partial charge in [-0.1, -0.05) is 17.7 Å². The first-order chi connectivity index (χ1) is 6.49. The molecule has 1 aromatic carbocycles. The molecule has 0 atom stereocenters. The first kappa shape index (κ1) is 9.25. The summed E-state index contributed by atoms with van der Waals surface area (Å²) < 4.78 is 5.64. The summed E-state index contributed by atoms with van der Waals surface area (Å²) in [6, 6.07) is 5.96. The second-order valence-electron chi connectivity index (χ2n) is 4.32. The fourth-order valence-corrected chi connectivity index (χ4v) is 1.66. The topological polar surface area (TPSA) is 26.3 Å². The molecule has 1 aliphatic heterocycles.